The third-order valence-corrected chi connectivity index (χ3v) is 21.8. The van der Waals surface area contributed by atoms with Crippen LogP contribution in [0.1, 0.15) is 59.3 Å². The van der Waals surface area contributed by atoms with Gasteiger partial charge in [0.15, 0.2) is 0 Å². The molecule has 0 spiro atoms. The molecule has 0 aliphatic heterocycles. The Morgan fingerprint density at radius 1 is 0.793 bits per heavy atom. The number of nitrogens with zero attached hydrogens (tertiary/aromatic N) is 2. The molecule has 0 atom stereocenters. The Balaban J connectivity index is 1.99. The van der Waals surface area contributed by atoms with E-state index in [1.54, 1.807) is 15.7 Å². The van der Waals surface area contributed by atoms with Crippen molar-refractivity contribution in [1.82, 2.24) is 9.38 Å². The quantitative estimate of drug-likeness (QED) is 0.296. The Labute approximate surface area is 180 Å². The van der Waals surface area contributed by atoms with E-state index in [-0.39, 0.29) is 0 Å². The molecule has 0 unspecified atom stereocenters. The summed E-state index contributed by atoms with van der Waals surface area (Å²) < 4.78 is 8.37. The molecule has 4 heteroatoms. The molecule has 0 saturated heterocycles. The molecular formula is C25H36N2OSn. The maximum absolute atomic E-state index is 9.56. The summed E-state index contributed by atoms with van der Waals surface area (Å²) in [6, 6.07) is 12.0. The average Bonchev–Trinajstić information content (AvgIpc) is 3.17. The first-order chi connectivity index (χ1) is 14.1. The Kier molecular flexibility index (Phi) is 8.05. The second-order valence-corrected chi connectivity index (χ2v) is 21.7. The number of fused-ring (bicyclic) bond motifs is 1. The first-order valence-corrected chi connectivity index (χ1v) is 18.9. The van der Waals surface area contributed by atoms with Crippen molar-refractivity contribution >= 4 is 27.6 Å². The summed E-state index contributed by atoms with van der Waals surface area (Å²) in [6.45, 7) is 7.00. The topological polar surface area (TPSA) is 37.5 Å². The molecular weight excluding hydrogens is 463 g/mol. The standard InChI is InChI=1S/C13H9N2O.3C4H9.Sn/c16-11-6-4-10(5-7-11)12-9-15-8-2-1-3-13(15)14-12;3*1-3-4-2;/h1,3-9,16H;3*1,3-4H2,2H3;. The summed E-state index contributed by atoms with van der Waals surface area (Å²) in [7, 11) is 0. The van der Waals surface area contributed by atoms with Crippen LogP contribution in [-0.2, 0) is 0 Å². The molecule has 3 nitrogen and oxygen atoms in total. The van der Waals surface area contributed by atoms with E-state index in [1.807, 2.05) is 12.1 Å². The van der Waals surface area contributed by atoms with Crippen LogP contribution in [0.4, 0.5) is 0 Å². The van der Waals surface area contributed by atoms with Gasteiger partial charge in [0.25, 0.3) is 0 Å². The molecule has 3 rings (SSSR count). The summed E-state index contributed by atoms with van der Waals surface area (Å²) in [5.74, 6) is 0.293. The summed E-state index contributed by atoms with van der Waals surface area (Å²) >= 11 is -2.43. The van der Waals surface area contributed by atoms with Crippen LogP contribution in [0.15, 0.2) is 48.8 Å². The van der Waals surface area contributed by atoms with Gasteiger partial charge in [-0.1, -0.05) is 0 Å². The van der Waals surface area contributed by atoms with Gasteiger partial charge in [0.1, 0.15) is 0 Å². The molecule has 2 heterocycles. The van der Waals surface area contributed by atoms with Crippen molar-refractivity contribution in [3.05, 3.63) is 48.8 Å². The van der Waals surface area contributed by atoms with Gasteiger partial charge in [-0.2, -0.15) is 0 Å². The van der Waals surface area contributed by atoms with E-state index in [4.69, 9.17) is 4.98 Å². The molecule has 2 aromatic heterocycles. The van der Waals surface area contributed by atoms with Gasteiger partial charge in [0, 0.05) is 0 Å². The van der Waals surface area contributed by atoms with Gasteiger partial charge in [-0.25, -0.2) is 0 Å². The van der Waals surface area contributed by atoms with Crippen LogP contribution >= 0.6 is 0 Å². The van der Waals surface area contributed by atoms with Crippen molar-refractivity contribution in [2.24, 2.45) is 0 Å². The molecule has 0 saturated carbocycles. The first-order valence-electron chi connectivity index (χ1n) is 11.4. The van der Waals surface area contributed by atoms with Crippen LogP contribution in [0.25, 0.3) is 16.9 Å². The molecule has 156 valence electrons. The van der Waals surface area contributed by atoms with E-state index in [0.29, 0.717) is 5.75 Å². The summed E-state index contributed by atoms with van der Waals surface area (Å²) in [6.07, 6.45) is 12.6. The van der Waals surface area contributed by atoms with Crippen LogP contribution in [0, 0.1) is 0 Å². The van der Waals surface area contributed by atoms with Gasteiger partial charge in [-0.3, -0.25) is 0 Å². The number of aromatic nitrogens is 2. The number of hydrogen-bond donors (Lipinski definition) is 1. The van der Waals surface area contributed by atoms with Crippen LogP contribution in [-0.4, -0.2) is 32.9 Å². The van der Waals surface area contributed by atoms with Crippen LogP contribution in [0.2, 0.25) is 13.3 Å². The number of imidazole rings is 1. The zero-order valence-corrected chi connectivity index (χ0v) is 21.2. The number of aromatic hydroxyl groups is 1. The second kappa shape index (κ2) is 10.5. The summed E-state index contributed by atoms with van der Waals surface area (Å²) in [5, 5.41) is 9.56. The predicted octanol–water partition coefficient (Wildman–Crippen LogP) is 6.76. The van der Waals surface area contributed by atoms with Crippen LogP contribution < -0.4 is 3.58 Å². The number of hydrogen-bond acceptors (Lipinski definition) is 2. The van der Waals surface area contributed by atoms with Gasteiger partial charge >= 0.3 is 180 Å². The minimum absolute atomic E-state index is 0.293. The zero-order chi connectivity index (χ0) is 20.7. The van der Waals surface area contributed by atoms with Crippen molar-refractivity contribution in [2.45, 2.75) is 72.6 Å². The molecule has 0 aliphatic rings. The fraction of sp³-hybridized carbons (Fsp3) is 0.480. The normalized spacial score (nSPS) is 12.0. The van der Waals surface area contributed by atoms with E-state index < -0.39 is 18.4 Å². The van der Waals surface area contributed by atoms with Gasteiger partial charge in [-0.05, 0) is 0 Å². The fourth-order valence-electron chi connectivity index (χ4n) is 4.43. The van der Waals surface area contributed by atoms with Gasteiger partial charge in [0.05, 0.1) is 0 Å². The first kappa shape index (κ1) is 22.2. The number of pyridine rings is 1. The van der Waals surface area contributed by atoms with E-state index in [2.05, 4.69) is 49.7 Å². The molecule has 29 heavy (non-hydrogen) atoms. The third kappa shape index (κ3) is 5.36. The van der Waals surface area contributed by atoms with E-state index in [0.717, 1.165) is 16.9 Å². The zero-order valence-electron chi connectivity index (χ0n) is 18.3. The van der Waals surface area contributed by atoms with E-state index in [9.17, 15) is 5.11 Å². The number of benzene rings is 1. The molecule has 1 N–H and O–H groups in total. The predicted molar refractivity (Wildman–Crippen MR) is 127 cm³/mol. The number of rotatable bonds is 11. The third-order valence-electron chi connectivity index (χ3n) is 6.25. The van der Waals surface area contributed by atoms with Crippen molar-refractivity contribution in [3.63, 3.8) is 0 Å². The van der Waals surface area contributed by atoms with Crippen molar-refractivity contribution in [3.8, 4) is 17.0 Å². The van der Waals surface area contributed by atoms with Crippen LogP contribution in [0.3, 0.4) is 0 Å². The molecule has 0 aliphatic carbocycles. The monoisotopic (exact) mass is 500 g/mol. The second-order valence-electron chi connectivity index (χ2n) is 8.45. The molecule has 0 bridgehead atoms. The molecule has 0 radical (unpaired) electrons. The maximum atomic E-state index is 9.56. The van der Waals surface area contributed by atoms with Crippen LogP contribution in [0.5, 0.6) is 5.75 Å². The van der Waals surface area contributed by atoms with E-state index >= 15 is 0 Å². The minimum atomic E-state index is -2.43. The SMILES string of the molecule is CCC[CH2][Sn]([CH2]CCC)([CH2]CCC)[c]1ccc2nc(-c3ccc(O)cc3)cn2c1. The van der Waals surface area contributed by atoms with Crippen molar-refractivity contribution < 1.29 is 5.11 Å². The fourth-order valence-corrected chi connectivity index (χ4v) is 20.3. The Bertz CT molecular complexity index is 879. The molecule has 0 fully saturated rings. The Morgan fingerprint density at radius 2 is 1.38 bits per heavy atom. The molecule has 0 amide bonds. The Hall–Kier alpha value is -1.49. The van der Waals surface area contributed by atoms with Gasteiger partial charge in [-0.15, -0.1) is 0 Å². The number of unbranched alkanes of at least 4 members (excludes halogenated alkanes) is 3. The molecule has 3 aromatic rings. The van der Waals surface area contributed by atoms with Crippen molar-refractivity contribution in [2.75, 3.05) is 0 Å². The van der Waals surface area contributed by atoms with Crippen molar-refractivity contribution in [1.29, 1.82) is 0 Å². The van der Waals surface area contributed by atoms with E-state index in [1.165, 1.54) is 51.8 Å². The number of phenols is 1. The number of phenolic OH excluding ortho intramolecular Hbond substituents is 1. The Morgan fingerprint density at radius 3 is 1.93 bits per heavy atom. The average molecular weight is 499 g/mol. The molecule has 1 aromatic carbocycles. The van der Waals surface area contributed by atoms with Gasteiger partial charge < -0.3 is 0 Å². The summed E-state index contributed by atoms with van der Waals surface area (Å²) in [5.41, 5.74) is 3.03. The van der Waals surface area contributed by atoms with Gasteiger partial charge in [0.2, 0.25) is 0 Å². The summed E-state index contributed by atoms with van der Waals surface area (Å²) in [4.78, 5) is 4.83.